The molecule has 0 aromatic rings. The van der Waals surface area contributed by atoms with E-state index in [0.717, 1.165) is 12.8 Å². The van der Waals surface area contributed by atoms with Crippen molar-refractivity contribution in [2.45, 2.75) is 25.8 Å². The monoisotopic (exact) mass is 142 g/mol. The van der Waals surface area contributed by atoms with Gasteiger partial charge in [-0.05, 0) is 6.42 Å². The van der Waals surface area contributed by atoms with Crippen LogP contribution in [0.1, 0.15) is 19.8 Å². The van der Waals surface area contributed by atoms with Gasteiger partial charge in [0.25, 0.3) is 0 Å². The highest BCUT2D eigenvalue weighted by Crippen LogP contribution is 2.05. The summed E-state index contributed by atoms with van der Waals surface area (Å²) in [4.78, 5) is 12.9. The Morgan fingerprint density at radius 2 is 2.50 bits per heavy atom. The van der Waals surface area contributed by atoms with Gasteiger partial charge in [-0.1, -0.05) is 13.3 Å². The highest BCUT2D eigenvalue weighted by atomic mass is 16.2. The van der Waals surface area contributed by atoms with Crippen LogP contribution in [-0.4, -0.2) is 30.6 Å². The predicted octanol–water partition coefficient (Wildman–Crippen LogP) is 0.174. The molecule has 0 spiro atoms. The summed E-state index contributed by atoms with van der Waals surface area (Å²) in [6.45, 7) is 2.80. The molecule has 10 heavy (non-hydrogen) atoms. The smallest absolute Gasteiger partial charge is 0.240 e. The van der Waals surface area contributed by atoms with Crippen LogP contribution in [0.5, 0.6) is 0 Å². The van der Waals surface area contributed by atoms with Gasteiger partial charge < -0.3 is 4.90 Å². The fraction of sp³-hybridized carbons (Fsp3) is 0.857. The maximum Gasteiger partial charge on any atom is 0.240 e. The fourth-order valence-corrected chi connectivity index (χ4v) is 1.19. The lowest BCUT2D eigenvalue weighted by Gasteiger charge is -2.06. The van der Waals surface area contributed by atoms with Crippen LogP contribution in [0.25, 0.3) is 0 Å². The van der Waals surface area contributed by atoms with Crippen LogP contribution in [0.3, 0.4) is 0 Å². The lowest BCUT2D eigenvalue weighted by Crippen LogP contribution is -2.28. The first kappa shape index (κ1) is 7.54. The highest BCUT2D eigenvalue weighted by Gasteiger charge is 2.26. The van der Waals surface area contributed by atoms with Crippen molar-refractivity contribution in [1.29, 1.82) is 0 Å². The number of carbonyl (C=O) groups excluding carboxylic acids is 1. The third-order valence-electron chi connectivity index (χ3n) is 1.83. The van der Waals surface area contributed by atoms with Crippen LogP contribution < -0.4 is 5.32 Å². The highest BCUT2D eigenvalue weighted by molar-refractivity contribution is 5.83. The first-order valence-electron chi connectivity index (χ1n) is 3.74. The SMILES string of the molecule is CCCC1NCN(C)C1=O. The number of hydrogen-bond donors (Lipinski definition) is 1. The van der Waals surface area contributed by atoms with Crippen molar-refractivity contribution in [3.8, 4) is 0 Å². The van der Waals surface area contributed by atoms with Gasteiger partial charge in [-0.3, -0.25) is 10.1 Å². The molecule has 3 nitrogen and oxygen atoms in total. The van der Waals surface area contributed by atoms with Crippen molar-refractivity contribution < 1.29 is 4.79 Å². The van der Waals surface area contributed by atoms with Gasteiger partial charge in [-0.15, -0.1) is 0 Å². The Morgan fingerprint density at radius 1 is 1.80 bits per heavy atom. The van der Waals surface area contributed by atoms with Crippen molar-refractivity contribution in [2.75, 3.05) is 13.7 Å². The molecule has 1 unspecified atom stereocenters. The van der Waals surface area contributed by atoms with E-state index in [1.165, 1.54) is 0 Å². The third-order valence-corrected chi connectivity index (χ3v) is 1.83. The van der Waals surface area contributed by atoms with E-state index in [1.807, 2.05) is 7.05 Å². The molecule has 0 bridgehead atoms. The molecule has 1 amide bonds. The normalized spacial score (nSPS) is 26.0. The van der Waals surface area contributed by atoms with Crippen molar-refractivity contribution in [3.63, 3.8) is 0 Å². The van der Waals surface area contributed by atoms with Crippen molar-refractivity contribution in [2.24, 2.45) is 0 Å². The minimum atomic E-state index is 0.0926. The summed E-state index contributed by atoms with van der Waals surface area (Å²) in [7, 11) is 1.82. The first-order valence-corrected chi connectivity index (χ1v) is 3.74. The quantitative estimate of drug-likeness (QED) is 0.596. The second-order valence-electron chi connectivity index (χ2n) is 2.74. The molecular weight excluding hydrogens is 128 g/mol. The molecule has 0 aromatic heterocycles. The van der Waals surface area contributed by atoms with Crippen molar-refractivity contribution in [3.05, 3.63) is 0 Å². The lowest BCUT2D eigenvalue weighted by atomic mass is 10.2. The molecule has 1 N–H and O–H groups in total. The summed E-state index contributed by atoms with van der Waals surface area (Å²) >= 11 is 0. The number of hydrogen-bond acceptors (Lipinski definition) is 2. The Kier molecular flexibility index (Phi) is 2.27. The third kappa shape index (κ3) is 1.29. The summed E-state index contributed by atoms with van der Waals surface area (Å²) in [6, 6.07) is 0.0926. The molecule has 1 atom stereocenters. The molecule has 0 aliphatic carbocycles. The van der Waals surface area contributed by atoms with Crippen molar-refractivity contribution >= 4 is 5.91 Å². The molecule has 1 rings (SSSR count). The summed E-state index contributed by atoms with van der Waals surface area (Å²) < 4.78 is 0. The average molecular weight is 142 g/mol. The van der Waals surface area contributed by atoms with Crippen LogP contribution >= 0.6 is 0 Å². The Labute approximate surface area is 61.4 Å². The van der Waals surface area contributed by atoms with E-state index in [1.54, 1.807) is 4.90 Å². The van der Waals surface area contributed by atoms with Crippen LogP contribution in [0.15, 0.2) is 0 Å². The van der Waals surface area contributed by atoms with Gasteiger partial charge in [0.1, 0.15) is 0 Å². The Bertz CT molecular complexity index is 134. The van der Waals surface area contributed by atoms with E-state index >= 15 is 0 Å². The summed E-state index contributed by atoms with van der Waals surface area (Å²) in [5, 5.41) is 3.13. The maximum absolute atomic E-state index is 11.2. The van der Waals surface area contributed by atoms with Crippen LogP contribution in [-0.2, 0) is 4.79 Å². The molecular formula is C7H14N2O. The van der Waals surface area contributed by atoms with E-state index in [-0.39, 0.29) is 11.9 Å². The average Bonchev–Trinajstić information content (AvgIpc) is 2.20. The van der Waals surface area contributed by atoms with E-state index < -0.39 is 0 Å². The largest absolute Gasteiger partial charge is 0.332 e. The summed E-state index contributed by atoms with van der Waals surface area (Å²) in [6.07, 6.45) is 2.03. The lowest BCUT2D eigenvalue weighted by molar-refractivity contribution is -0.127. The van der Waals surface area contributed by atoms with E-state index in [0.29, 0.717) is 6.67 Å². The van der Waals surface area contributed by atoms with Gasteiger partial charge in [0.2, 0.25) is 5.91 Å². The van der Waals surface area contributed by atoms with E-state index in [4.69, 9.17) is 0 Å². The zero-order chi connectivity index (χ0) is 7.56. The molecule has 1 aliphatic rings. The second kappa shape index (κ2) is 3.01. The second-order valence-corrected chi connectivity index (χ2v) is 2.74. The fourth-order valence-electron chi connectivity index (χ4n) is 1.19. The zero-order valence-electron chi connectivity index (χ0n) is 6.55. The molecule has 0 saturated carbocycles. The number of amides is 1. The molecule has 1 fully saturated rings. The van der Waals surface area contributed by atoms with Gasteiger partial charge >= 0.3 is 0 Å². The van der Waals surface area contributed by atoms with Gasteiger partial charge in [0.15, 0.2) is 0 Å². The predicted molar refractivity (Wildman–Crippen MR) is 39.5 cm³/mol. The number of carbonyl (C=O) groups is 1. The number of rotatable bonds is 2. The van der Waals surface area contributed by atoms with Crippen LogP contribution in [0.2, 0.25) is 0 Å². The number of nitrogens with zero attached hydrogens (tertiary/aromatic N) is 1. The van der Waals surface area contributed by atoms with Gasteiger partial charge in [-0.2, -0.15) is 0 Å². The topological polar surface area (TPSA) is 32.3 Å². The minimum Gasteiger partial charge on any atom is -0.332 e. The van der Waals surface area contributed by atoms with E-state index in [2.05, 4.69) is 12.2 Å². The molecule has 1 aliphatic heterocycles. The van der Waals surface area contributed by atoms with Crippen LogP contribution in [0, 0.1) is 0 Å². The molecule has 58 valence electrons. The van der Waals surface area contributed by atoms with Gasteiger partial charge in [0.05, 0.1) is 12.7 Å². The number of nitrogens with one attached hydrogen (secondary N) is 1. The Hall–Kier alpha value is -0.570. The molecule has 1 saturated heterocycles. The van der Waals surface area contributed by atoms with Crippen LogP contribution in [0.4, 0.5) is 0 Å². The Morgan fingerprint density at radius 3 is 2.90 bits per heavy atom. The van der Waals surface area contributed by atoms with Gasteiger partial charge in [0, 0.05) is 7.05 Å². The molecule has 1 heterocycles. The zero-order valence-corrected chi connectivity index (χ0v) is 6.55. The first-order chi connectivity index (χ1) is 4.75. The molecule has 0 aromatic carbocycles. The summed E-state index contributed by atoms with van der Waals surface area (Å²) in [5.74, 6) is 0.238. The molecule has 3 heteroatoms. The molecule has 0 radical (unpaired) electrons. The summed E-state index contributed by atoms with van der Waals surface area (Å²) in [5.41, 5.74) is 0. The maximum atomic E-state index is 11.2. The van der Waals surface area contributed by atoms with Gasteiger partial charge in [-0.25, -0.2) is 0 Å². The van der Waals surface area contributed by atoms with Crippen molar-refractivity contribution in [1.82, 2.24) is 10.2 Å². The number of likely N-dealkylation sites (N-methyl/N-ethyl adjacent to an activating group) is 1. The Balaban J connectivity index is 2.41. The minimum absolute atomic E-state index is 0.0926. The van der Waals surface area contributed by atoms with E-state index in [9.17, 15) is 4.79 Å². The standard InChI is InChI=1S/C7H14N2O/c1-3-4-6-7(10)9(2)5-8-6/h6,8H,3-5H2,1-2H3.